The van der Waals surface area contributed by atoms with Crippen LogP contribution >= 0.6 is 0 Å². The van der Waals surface area contributed by atoms with E-state index in [0.717, 1.165) is 12.2 Å². The fraction of sp³-hybridized carbons (Fsp3) is 0.308. The Labute approximate surface area is 116 Å². The number of esters is 1. The van der Waals surface area contributed by atoms with Crippen molar-refractivity contribution in [3.8, 4) is 0 Å². The summed E-state index contributed by atoms with van der Waals surface area (Å²) in [5, 5.41) is 0. The smallest absolute Gasteiger partial charge is 0.417 e. The van der Waals surface area contributed by atoms with Crippen LogP contribution in [0.15, 0.2) is 24.3 Å². The molecule has 21 heavy (non-hydrogen) atoms. The fourth-order valence-electron chi connectivity index (χ4n) is 1.47. The minimum absolute atomic E-state index is 0.00479. The molecule has 1 aromatic carbocycles. The summed E-state index contributed by atoms with van der Waals surface area (Å²) in [5.74, 6) is -0.884. The molecule has 0 bridgehead atoms. The van der Waals surface area contributed by atoms with Gasteiger partial charge in [-0.1, -0.05) is 6.07 Å². The minimum Gasteiger partial charge on any atom is -0.463 e. The number of rotatable bonds is 3. The molecule has 2 nitrogen and oxygen atoms in total. The maximum absolute atomic E-state index is 12.8. The van der Waals surface area contributed by atoms with Crippen LogP contribution in [0.2, 0.25) is 0 Å². The topological polar surface area (TPSA) is 26.3 Å². The van der Waals surface area contributed by atoms with Gasteiger partial charge in [-0.25, -0.2) is 4.79 Å². The molecule has 0 unspecified atom stereocenters. The molecule has 0 aliphatic rings. The minimum atomic E-state index is -4.98. The fourth-order valence-corrected chi connectivity index (χ4v) is 1.47. The number of halogens is 6. The van der Waals surface area contributed by atoms with E-state index in [-0.39, 0.29) is 12.7 Å². The lowest BCUT2D eigenvalue weighted by Crippen LogP contribution is -2.12. The van der Waals surface area contributed by atoms with Crippen molar-refractivity contribution in [3.05, 3.63) is 41.0 Å². The first-order valence-corrected chi connectivity index (χ1v) is 5.69. The van der Waals surface area contributed by atoms with Crippen LogP contribution in [0.3, 0.4) is 0 Å². The average Bonchev–Trinajstić information content (AvgIpc) is 2.34. The molecule has 0 aromatic heterocycles. The second kappa shape index (κ2) is 6.19. The van der Waals surface area contributed by atoms with E-state index >= 15 is 0 Å². The summed E-state index contributed by atoms with van der Waals surface area (Å²) in [6, 6.07) is 1.17. The molecule has 0 N–H and O–H groups in total. The van der Waals surface area contributed by atoms with Gasteiger partial charge in [0, 0.05) is 6.08 Å². The molecule has 0 heterocycles. The molecule has 0 saturated heterocycles. The summed E-state index contributed by atoms with van der Waals surface area (Å²) in [6.45, 7) is 1.54. The third-order valence-electron chi connectivity index (χ3n) is 2.37. The van der Waals surface area contributed by atoms with E-state index < -0.39 is 35.0 Å². The predicted octanol–water partition coefficient (Wildman–Crippen LogP) is 4.30. The molecule has 0 saturated carbocycles. The average molecular weight is 312 g/mol. The van der Waals surface area contributed by atoms with Gasteiger partial charge in [-0.3, -0.25) is 0 Å². The van der Waals surface area contributed by atoms with Gasteiger partial charge in [0.1, 0.15) is 0 Å². The summed E-state index contributed by atoms with van der Waals surface area (Å²) < 4.78 is 80.1. The number of hydrogen-bond donors (Lipinski definition) is 0. The van der Waals surface area contributed by atoms with Gasteiger partial charge in [-0.05, 0) is 30.7 Å². The zero-order valence-electron chi connectivity index (χ0n) is 10.7. The number of hydrogen-bond acceptors (Lipinski definition) is 2. The van der Waals surface area contributed by atoms with E-state index in [1.54, 1.807) is 0 Å². The molecular weight excluding hydrogens is 302 g/mol. The molecule has 0 aliphatic carbocycles. The van der Waals surface area contributed by atoms with Crippen molar-refractivity contribution in [2.45, 2.75) is 19.3 Å². The van der Waals surface area contributed by atoms with E-state index in [0.29, 0.717) is 12.1 Å². The summed E-state index contributed by atoms with van der Waals surface area (Å²) in [5.41, 5.74) is -3.44. The highest BCUT2D eigenvalue weighted by molar-refractivity contribution is 5.87. The SMILES string of the molecule is CCOC(=O)/C=C/c1ccc(C(F)(F)F)cc1C(F)(F)F. The quantitative estimate of drug-likeness (QED) is 0.472. The Kier molecular flexibility index (Phi) is 5.03. The van der Waals surface area contributed by atoms with Crippen molar-refractivity contribution in [2.24, 2.45) is 0 Å². The highest BCUT2D eigenvalue weighted by Crippen LogP contribution is 2.37. The van der Waals surface area contributed by atoms with Gasteiger partial charge < -0.3 is 4.74 Å². The number of carbonyl (C=O) groups is 1. The predicted molar refractivity (Wildman–Crippen MR) is 62.1 cm³/mol. The highest BCUT2D eigenvalue weighted by atomic mass is 19.4. The Morgan fingerprint density at radius 1 is 1.14 bits per heavy atom. The molecule has 0 amide bonds. The van der Waals surface area contributed by atoms with Crippen LogP contribution in [-0.4, -0.2) is 12.6 Å². The first kappa shape index (κ1) is 17.1. The van der Waals surface area contributed by atoms with Crippen molar-refractivity contribution >= 4 is 12.0 Å². The van der Waals surface area contributed by atoms with Gasteiger partial charge >= 0.3 is 18.3 Å². The molecule has 1 rings (SSSR count). The van der Waals surface area contributed by atoms with Crippen molar-refractivity contribution in [1.82, 2.24) is 0 Å². The third kappa shape index (κ3) is 4.80. The number of ether oxygens (including phenoxy) is 1. The first-order chi connectivity index (χ1) is 9.55. The van der Waals surface area contributed by atoms with Gasteiger partial charge in [0.05, 0.1) is 17.7 Å². The maximum Gasteiger partial charge on any atom is 0.417 e. The van der Waals surface area contributed by atoms with Gasteiger partial charge in [-0.2, -0.15) is 26.3 Å². The monoisotopic (exact) mass is 312 g/mol. The van der Waals surface area contributed by atoms with Gasteiger partial charge in [0.25, 0.3) is 0 Å². The normalized spacial score (nSPS) is 12.7. The maximum atomic E-state index is 12.8. The van der Waals surface area contributed by atoms with E-state index in [1.165, 1.54) is 6.92 Å². The molecule has 116 valence electrons. The first-order valence-electron chi connectivity index (χ1n) is 5.69. The van der Waals surface area contributed by atoms with Gasteiger partial charge in [0.2, 0.25) is 0 Å². The molecule has 0 atom stereocenters. The van der Waals surface area contributed by atoms with Crippen LogP contribution in [0.4, 0.5) is 26.3 Å². The number of carbonyl (C=O) groups excluding carboxylic acids is 1. The Balaban J connectivity index is 3.24. The van der Waals surface area contributed by atoms with Crippen molar-refractivity contribution < 1.29 is 35.9 Å². The Morgan fingerprint density at radius 2 is 1.76 bits per heavy atom. The summed E-state index contributed by atoms with van der Waals surface area (Å²) in [6.07, 6.45) is -8.37. The lowest BCUT2D eigenvalue weighted by atomic mass is 10.0. The molecule has 0 radical (unpaired) electrons. The summed E-state index contributed by atoms with van der Waals surface area (Å²) >= 11 is 0. The lowest BCUT2D eigenvalue weighted by Gasteiger charge is -2.14. The van der Waals surface area contributed by atoms with Crippen molar-refractivity contribution in [2.75, 3.05) is 6.61 Å². The molecule has 8 heteroatoms. The summed E-state index contributed by atoms with van der Waals surface area (Å²) in [4.78, 5) is 11.0. The second-order valence-electron chi connectivity index (χ2n) is 3.88. The third-order valence-corrected chi connectivity index (χ3v) is 2.37. The van der Waals surface area contributed by atoms with Crippen LogP contribution < -0.4 is 0 Å². The zero-order valence-corrected chi connectivity index (χ0v) is 10.7. The molecule has 0 aliphatic heterocycles. The summed E-state index contributed by atoms with van der Waals surface area (Å²) in [7, 11) is 0. The second-order valence-corrected chi connectivity index (χ2v) is 3.88. The van der Waals surface area contributed by atoms with E-state index in [1.807, 2.05) is 0 Å². The molecule has 0 fully saturated rings. The van der Waals surface area contributed by atoms with Crippen LogP contribution in [-0.2, 0) is 21.9 Å². The highest BCUT2D eigenvalue weighted by Gasteiger charge is 2.37. The Bertz CT molecular complexity index is 543. The van der Waals surface area contributed by atoms with E-state index in [9.17, 15) is 31.1 Å². The Morgan fingerprint density at radius 3 is 2.24 bits per heavy atom. The lowest BCUT2D eigenvalue weighted by molar-refractivity contribution is -0.143. The number of alkyl halides is 6. The van der Waals surface area contributed by atoms with Crippen LogP contribution in [0.1, 0.15) is 23.6 Å². The number of benzene rings is 1. The molecule has 1 aromatic rings. The van der Waals surface area contributed by atoms with Crippen LogP contribution in [0, 0.1) is 0 Å². The zero-order chi connectivity index (χ0) is 16.3. The van der Waals surface area contributed by atoms with Crippen molar-refractivity contribution in [1.29, 1.82) is 0 Å². The largest absolute Gasteiger partial charge is 0.463 e. The van der Waals surface area contributed by atoms with E-state index in [4.69, 9.17) is 0 Å². The van der Waals surface area contributed by atoms with E-state index in [2.05, 4.69) is 4.74 Å². The van der Waals surface area contributed by atoms with Crippen molar-refractivity contribution in [3.63, 3.8) is 0 Å². The Hall–Kier alpha value is -1.99. The van der Waals surface area contributed by atoms with Crippen LogP contribution in [0.25, 0.3) is 6.08 Å². The van der Waals surface area contributed by atoms with Gasteiger partial charge in [-0.15, -0.1) is 0 Å². The molecule has 0 spiro atoms. The van der Waals surface area contributed by atoms with Gasteiger partial charge in [0.15, 0.2) is 0 Å². The molecular formula is C13H10F6O2. The standard InChI is InChI=1S/C13H10F6O2/c1-2-21-11(20)6-4-8-3-5-9(12(14,15)16)7-10(8)13(17,18)19/h3-7H,2H2,1H3/b6-4+. The van der Waals surface area contributed by atoms with Crippen LogP contribution in [0.5, 0.6) is 0 Å².